The zero-order valence-electron chi connectivity index (χ0n) is 11.5. The molecule has 0 aromatic carbocycles. The summed E-state index contributed by atoms with van der Waals surface area (Å²) in [5, 5.41) is 14.8. The monoisotopic (exact) mass is 256 g/mol. The lowest BCUT2D eigenvalue weighted by Gasteiger charge is -2.36. The summed E-state index contributed by atoms with van der Waals surface area (Å²) >= 11 is 0. The van der Waals surface area contributed by atoms with Gasteiger partial charge in [0.15, 0.2) is 0 Å². The maximum Gasteiger partial charge on any atom is 0.305 e. The predicted octanol–water partition coefficient (Wildman–Crippen LogP) is 0.992. The Morgan fingerprint density at radius 3 is 2.67 bits per heavy atom. The van der Waals surface area contributed by atoms with Crippen molar-refractivity contribution in [1.82, 2.24) is 10.6 Å². The van der Waals surface area contributed by atoms with Gasteiger partial charge in [-0.25, -0.2) is 0 Å². The lowest BCUT2D eigenvalue weighted by atomic mass is 9.74. The molecule has 18 heavy (non-hydrogen) atoms. The fourth-order valence-electron chi connectivity index (χ4n) is 2.38. The van der Waals surface area contributed by atoms with Gasteiger partial charge in [0.2, 0.25) is 5.91 Å². The quantitative estimate of drug-likeness (QED) is 0.685. The second-order valence-corrected chi connectivity index (χ2v) is 5.74. The molecule has 1 saturated heterocycles. The van der Waals surface area contributed by atoms with Gasteiger partial charge in [-0.1, -0.05) is 13.8 Å². The van der Waals surface area contributed by atoms with Crippen molar-refractivity contribution in [3.05, 3.63) is 0 Å². The van der Waals surface area contributed by atoms with Crippen LogP contribution in [0.2, 0.25) is 0 Å². The summed E-state index contributed by atoms with van der Waals surface area (Å²) in [6, 6.07) is -0.328. The van der Waals surface area contributed by atoms with Gasteiger partial charge < -0.3 is 15.7 Å². The van der Waals surface area contributed by atoms with Gasteiger partial charge in [0.1, 0.15) is 0 Å². The average molecular weight is 256 g/mol. The number of aliphatic carboxylic acids is 1. The molecule has 1 aliphatic heterocycles. The van der Waals surface area contributed by atoms with Crippen molar-refractivity contribution in [3.63, 3.8) is 0 Å². The highest BCUT2D eigenvalue weighted by atomic mass is 16.4. The van der Waals surface area contributed by atoms with Crippen LogP contribution in [-0.4, -0.2) is 36.1 Å². The third-order valence-corrected chi connectivity index (χ3v) is 3.76. The van der Waals surface area contributed by atoms with Crippen molar-refractivity contribution in [2.75, 3.05) is 13.1 Å². The van der Waals surface area contributed by atoms with Crippen molar-refractivity contribution in [2.45, 2.75) is 46.1 Å². The lowest BCUT2D eigenvalue weighted by molar-refractivity contribution is -0.138. The molecular weight excluding hydrogens is 232 g/mol. The van der Waals surface area contributed by atoms with E-state index in [2.05, 4.69) is 10.6 Å². The summed E-state index contributed by atoms with van der Waals surface area (Å²) in [6.07, 6.45) is 2.09. The second-order valence-electron chi connectivity index (χ2n) is 5.74. The van der Waals surface area contributed by atoms with E-state index in [9.17, 15) is 9.59 Å². The molecule has 0 radical (unpaired) electrons. The molecule has 0 spiro atoms. The molecular formula is C13H24N2O3. The van der Waals surface area contributed by atoms with Crippen molar-refractivity contribution < 1.29 is 14.7 Å². The molecule has 5 heteroatoms. The van der Waals surface area contributed by atoms with Crippen molar-refractivity contribution >= 4 is 11.9 Å². The Bertz CT molecular complexity index is 309. The molecule has 1 fully saturated rings. The molecule has 0 aliphatic carbocycles. The highest BCUT2D eigenvalue weighted by Crippen LogP contribution is 2.32. The Kier molecular flexibility index (Phi) is 5.14. The van der Waals surface area contributed by atoms with E-state index in [1.807, 2.05) is 13.8 Å². The first-order valence-corrected chi connectivity index (χ1v) is 6.57. The first-order chi connectivity index (χ1) is 8.34. The van der Waals surface area contributed by atoms with Gasteiger partial charge in [0.05, 0.1) is 6.42 Å². The van der Waals surface area contributed by atoms with Crippen molar-refractivity contribution in [2.24, 2.45) is 11.3 Å². The number of hydrogen-bond donors (Lipinski definition) is 3. The van der Waals surface area contributed by atoms with E-state index < -0.39 is 11.4 Å². The molecule has 2 unspecified atom stereocenters. The number of nitrogens with one attached hydrogen (secondary N) is 2. The minimum atomic E-state index is -0.889. The smallest absolute Gasteiger partial charge is 0.305 e. The normalized spacial score (nSPS) is 22.3. The Morgan fingerprint density at radius 1 is 1.50 bits per heavy atom. The number of carbonyl (C=O) groups is 2. The van der Waals surface area contributed by atoms with Crippen LogP contribution in [0.5, 0.6) is 0 Å². The Labute approximate surface area is 108 Å². The molecule has 1 aliphatic rings. The van der Waals surface area contributed by atoms with Crippen LogP contribution in [0.15, 0.2) is 0 Å². The van der Waals surface area contributed by atoms with Crippen molar-refractivity contribution in [3.8, 4) is 0 Å². The molecule has 3 N–H and O–H groups in total. The summed E-state index contributed by atoms with van der Waals surface area (Å²) in [7, 11) is 0. The molecule has 0 aromatic heterocycles. The zero-order valence-corrected chi connectivity index (χ0v) is 11.5. The average Bonchev–Trinajstić information content (AvgIpc) is 2.28. The summed E-state index contributed by atoms with van der Waals surface area (Å²) in [5.41, 5.74) is -0.458. The Morgan fingerprint density at radius 2 is 2.17 bits per heavy atom. The first kappa shape index (κ1) is 15.0. The van der Waals surface area contributed by atoms with Gasteiger partial charge >= 0.3 is 5.97 Å². The Hall–Kier alpha value is -1.10. The molecule has 0 bridgehead atoms. The van der Waals surface area contributed by atoms with Gasteiger partial charge in [0, 0.05) is 11.5 Å². The molecule has 0 aromatic rings. The number of carboxylic acid groups (broad SMARTS) is 1. The minimum absolute atomic E-state index is 0.0370. The van der Waals surface area contributed by atoms with Crippen LogP contribution < -0.4 is 10.6 Å². The van der Waals surface area contributed by atoms with Crippen LogP contribution in [0.25, 0.3) is 0 Å². The molecule has 5 nitrogen and oxygen atoms in total. The van der Waals surface area contributed by atoms with Crippen LogP contribution in [0.3, 0.4) is 0 Å². The standard InChI is InChI=1S/C13H24N2O3/c1-9(7-11(16)17)15-12(18)13(2,3)10-5-4-6-14-8-10/h9-10,14H,4-8H2,1-3H3,(H,15,18)(H,16,17). The van der Waals surface area contributed by atoms with Crippen LogP contribution in [0.4, 0.5) is 0 Å². The van der Waals surface area contributed by atoms with Crippen LogP contribution in [0, 0.1) is 11.3 Å². The number of carbonyl (C=O) groups excluding carboxylic acids is 1. The number of piperidine rings is 1. The summed E-state index contributed by atoms with van der Waals surface area (Å²) in [6.45, 7) is 7.47. The van der Waals surface area contributed by atoms with Gasteiger partial charge in [-0.15, -0.1) is 0 Å². The molecule has 0 saturated carbocycles. The van der Waals surface area contributed by atoms with E-state index >= 15 is 0 Å². The summed E-state index contributed by atoms with van der Waals surface area (Å²) in [5.74, 6) is -0.631. The van der Waals surface area contributed by atoms with Gasteiger partial charge in [0.25, 0.3) is 0 Å². The van der Waals surface area contributed by atoms with Crippen LogP contribution in [0.1, 0.15) is 40.0 Å². The molecule has 104 valence electrons. The fraction of sp³-hybridized carbons (Fsp3) is 0.846. The third-order valence-electron chi connectivity index (χ3n) is 3.76. The lowest BCUT2D eigenvalue weighted by Crippen LogP contribution is -2.49. The SMILES string of the molecule is CC(CC(=O)O)NC(=O)C(C)(C)C1CCCNC1. The first-order valence-electron chi connectivity index (χ1n) is 6.57. The maximum atomic E-state index is 12.2. The minimum Gasteiger partial charge on any atom is -0.481 e. The summed E-state index contributed by atoms with van der Waals surface area (Å²) < 4.78 is 0. The Balaban J connectivity index is 2.54. The van der Waals surface area contributed by atoms with Crippen molar-refractivity contribution in [1.29, 1.82) is 0 Å². The van der Waals surface area contributed by atoms with E-state index in [0.29, 0.717) is 5.92 Å². The second kappa shape index (κ2) is 6.18. The maximum absolute atomic E-state index is 12.2. The number of rotatable bonds is 5. The van der Waals surface area contributed by atoms with E-state index in [4.69, 9.17) is 5.11 Å². The largest absolute Gasteiger partial charge is 0.481 e. The molecule has 1 rings (SSSR count). The van der Waals surface area contributed by atoms with E-state index in [-0.39, 0.29) is 18.4 Å². The third kappa shape index (κ3) is 3.98. The highest BCUT2D eigenvalue weighted by Gasteiger charge is 2.37. The zero-order chi connectivity index (χ0) is 13.8. The predicted molar refractivity (Wildman–Crippen MR) is 69.2 cm³/mol. The fourth-order valence-corrected chi connectivity index (χ4v) is 2.38. The van der Waals surface area contributed by atoms with E-state index in [1.54, 1.807) is 6.92 Å². The van der Waals surface area contributed by atoms with Gasteiger partial charge in [-0.3, -0.25) is 9.59 Å². The van der Waals surface area contributed by atoms with Gasteiger partial charge in [-0.05, 0) is 38.8 Å². The van der Waals surface area contributed by atoms with Crippen LogP contribution in [-0.2, 0) is 9.59 Å². The highest BCUT2D eigenvalue weighted by molar-refractivity contribution is 5.83. The topological polar surface area (TPSA) is 78.4 Å². The van der Waals surface area contributed by atoms with Crippen LogP contribution >= 0.6 is 0 Å². The molecule has 1 amide bonds. The number of amides is 1. The van der Waals surface area contributed by atoms with E-state index in [1.165, 1.54) is 0 Å². The molecule has 2 atom stereocenters. The van der Waals surface area contributed by atoms with Gasteiger partial charge in [-0.2, -0.15) is 0 Å². The van der Waals surface area contributed by atoms with E-state index in [0.717, 1.165) is 25.9 Å². The number of hydrogen-bond acceptors (Lipinski definition) is 3. The summed E-state index contributed by atoms with van der Waals surface area (Å²) in [4.78, 5) is 22.8. The molecule has 1 heterocycles. The number of carboxylic acids is 1.